The number of aryl methyl sites for hydroxylation is 1. The molecule has 1 aliphatic rings. The number of esters is 1. The van der Waals surface area contributed by atoms with Crippen LogP contribution in [0.2, 0.25) is 0 Å². The zero-order chi connectivity index (χ0) is 21.3. The Morgan fingerprint density at radius 1 is 1.20 bits per heavy atom. The van der Waals surface area contributed by atoms with Gasteiger partial charge in [0.15, 0.2) is 5.41 Å². The summed E-state index contributed by atoms with van der Waals surface area (Å²) in [5.41, 5.74) is 6.98. The Labute approximate surface area is 173 Å². The molecule has 0 bridgehead atoms. The number of para-hydroxylation sites is 1. The van der Waals surface area contributed by atoms with Gasteiger partial charge in [-0.2, -0.15) is 10.4 Å². The van der Waals surface area contributed by atoms with E-state index in [9.17, 15) is 10.1 Å². The topological polar surface area (TPSA) is 103 Å². The molecule has 2 heterocycles. The van der Waals surface area contributed by atoms with Gasteiger partial charge in [-0.05, 0) is 24.1 Å². The Bertz CT molecular complexity index is 1180. The Morgan fingerprint density at radius 3 is 2.40 bits per heavy atom. The van der Waals surface area contributed by atoms with Crippen LogP contribution < -0.4 is 10.5 Å². The minimum Gasteiger partial charge on any atom is -0.468 e. The van der Waals surface area contributed by atoms with Crippen molar-refractivity contribution in [1.29, 1.82) is 5.26 Å². The number of rotatable bonds is 4. The molecule has 0 fully saturated rings. The second-order valence-electron chi connectivity index (χ2n) is 6.79. The number of nitriles is 1. The number of ether oxygens (including phenoxy) is 2. The molecule has 1 aliphatic heterocycles. The highest BCUT2D eigenvalue weighted by atomic mass is 16.5. The van der Waals surface area contributed by atoms with Crippen LogP contribution in [-0.2, 0) is 21.4 Å². The predicted molar refractivity (Wildman–Crippen MR) is 110 cm³/mol. The Kier molecular flexibility index (Phi) is 4.76. The third-order valence-electron chi connectivity index (χ3n) is 5.26. The number of nitrogens with zero attached hydrogens (tertiary/aromatic N) is 3. The number of hydrogen-bond donors (Lipinski definition) is 1. The van der Waals surface area contributed by atoms with Crippen LogP contribution in [0.3, 0.4) is 0 Å². The lowest BCUT2D eigenvalue weighted by atomic mass is 9.68. The van der Waals surface area contributed by atoms with Crippen LogP contribution in [0.15, 0.2) is 72.1 Å². The van der Waals surface area contributed by atoms with Crippen molar-refractivity contribution in [3.8, 4) is 17.6 Å². The van der Waals surface area contributed by atoms with Crippen molar-refractivity contribution in [3.63, 3.8) is 0 Å². The van der Waals surface area contributed by atoms with Gasteiger partial charge in [-0.15, -0.1) is 0 Å². The van der Waals surface area contributed by atoms with E-state index >= 15 is 0 Å². The number of benzene rings is 2. The summed E-state index contributed by atoms with van der Waals surface area (Å²) in [5.74, 6) is -0.483. The molecule has 0 aliphatic carbocycles. The SMILES string of the molecule is CCc1nn(-c2ccccc2)c2c1C(C(=O)OC)(c1ccccc1)C(C#N)=C(N)O2. The molecule has 2 N–H and O–H groups in total. The van der Waals surface area contributed by atoms with Crippen LogP contribution in [0.1, 0.15) is 23.7 Å². The summed E-state index contributed by atoms with van der Waals surface area (Å²) in [6.45, 7) is 1.93. The van der Waals surface area contributed by atoms with E-state index in [1.165, 1.54) is 7.11 Å². The van der Waals surface area contributed by atoms with E-state index in [0.717, 1.165) is 5.69 Å². The molecule has 7 heteroatoms. The quantitative estimate of drug-likeness (QED) is 0.676. The largest absolute Gasteiger partial charge is 0.468 e. The monoisotopic (exact) mass is 400 g/mol. The van der Waals surface area contributed by atoms with Crippen molar-refractivity contribution >= 4 is 5.97 Å². The maximum absolute atomic E-state index is 13.4. The molecular formula is C23H20N4O3. The van der Waals surface area contributed by atoms with Gasteiger partial charge in [0.2, 0.25) is 11.8 Å². The summed E-state index contributed by atoms with van der Waals surface area (Å²) in [6, 6.07) is 20.5. The molecule has 0 radical (unpaired) electrons. The maximum atomic E-state index is 13.4. The zero-order valence-corrected chi connectivity index (χ0v) is 16.6. The van der Waals surface area contributed by atoms with Crippen molar-refractivity contribution < 1.29 is 14.3 Å². The van der Waals surface area contributed by atoms with E-state index < -0.39 is 11.4 Å². The summed E-state index contributed by atoms with van der Waals surface area (Å²) in [5, 5.41) is 14.7. The van der Waals surface area contributed by atoms with Crippen LogP contribution in [0.4, 0.5) is 0 Å². The second kappa shape index (κ2) is 7.41. The van der Waals surface area contributed by atoms with Gasteiger partial charge in [-0.25, -0.2) is 4.68 Å². The van der Waals surface area contributed by atoms with Gasteiger partial charge in [-0.1, -0.05) is 55.5 Å². The fourth-order valence-electron chi connectivity index (χ4n) is 3.96. The lowest BCUT2D eigenvalue weighted by Gasteiger charge is -2.35. The van der Waals surface area contributed by atoms with Crippen molar-refractivity contribution in [1.82, 2.24) is 9.78 Å². The average Bonchev–Trinajstić information content (AvgIpc) is 3.17. The first-order chi connectivity index (χ1) is 14.6. The summed E-state index contributed by atoms with van der Waals surface area (Å²) >= 11 is 0. The van der Waals surface area contributed by atoms with Gasteiger partial charge in [-0.3, -0.25) is 4.79 Å². The molecule has 1 aromatic heterocycles. The third kappa shape index (κ3) is 2.58. The third-order valence-corrected chi connectivity index (χ3v) is 5.26. The molecule has 7 nitrogen and oxygen atoms in total. The van der Waals surface area contributed by atoms with Gasteiger partial charge in [0.05, 0.1) is 24.1 Å². The van der Waals surface area contributed by atoms with Gasteiger partial charge in [0.1, 0.15) is 11.6 Å². The molecule has 1 unspecified atom stereocenters. The molecule has 0 amide bonds. The highest BCUT2D eigenvalue weighted by Crippen LogP contribution is 2.50. The molecule has 0 saturated heterocycles. The van der Waals surface area contributed by atoms with E-state index in [-0.39, 0.29) is 11.5 Å². The van der Waals surface area contributed by atoms with Crippen molar-refractivity contribution in [3.05, 3.63) is 88.9 Å². The van der Waals surface area contributed by atoms with Crippen LogP contribution >= 0.6 is 0 Å². The zero-order valence-electron chi connectivity index (χ0n) is 16.6. The molecule has 1 atom stereocenters. The number of hydrogen-bond acceptors (Lipinski definition) is 6. The van der Waals surface area contributed by atoms with E-state index in [1.807, 2.05) is 43.3 Å². The van der Waals surface area contributed by atoms with Crippen LogP contribution in [-0.4, -0.2) is 22.9 Å². The summed E-state index contributed by atoms with van der Waals surface area (Å²) in [7, 11) is 1.29. The van der Waals surface area contributed by atoms with Gasteiger partial charge in [0, 0.05) is 0 Å². The fraction of sp³-hybridized carbons (Fsp3) is 0.174. The number of carbonyl (C=O) groups excluding carboxylic acids is 1. The first-order valence-electron chi connectivity index (χ1n) is 9.49. The molecule has 4 rings (SSSR count). The van der Waals surface area contributed by atoms with E-state index in [0.29, 0.717) is 29.1 Å². The Balaban J connectivity index is 2.16. The lowest BCUT2D eigenvalue weighted by molar-refractivity contribution is -0.144. The number of methoxy groups -OCH3 is 1. The van der Waals surface area contributed by atoms with Gasteiger partial charge >= 0.3 is 5.97 Å². The number of nitrogens with two attached hydrogens (primary N) is 1. The number of fused-ring (bicyclic) bond motifs is 1. The van der Waals surface area contributed by atoms with Crippen LogP contribution in [0.5, 0.6) is 5.88 Å². The first-order valence-corrected chi connectivity index (χ1v) is 9.49. The number of carbonyl (C=O) groups is 1. The minimum atomic E-state index is -1.58. The first kappa shape index (κ1) is 19.3. The van der Waals surface area contributed by atoms with Gasteiger partial charge < -0.3 is 15.2 Å². The fourth-order valence-corrected chi connectivity index (χ4v) is 3.96. The Morgan fingerprint density at radius 2 is 1.83 bits per heavy atom. The highest BCUT2D eigenvalue weighted by Gasteiger charge is 2.56. The minimum absolute atomic E-state index is 0.0182. The van der Waals surface area contributed by atoms with Crippen molar-refractivity contribution in [2.24, 2.45) is 5.73 Å². The molecule has 150 valence electrons. The smallest absolute Gasteiger partial charge is 0.326 e. The molecule has 0 saturated carbocycles. The molecule has 2 aromatic carbocycles. The lowest BCUT2D eigenvalue weighted by Crippen LogP contribution is -2.44. The Hall–Kier alpha value is -4.05. The maximum Gasteiger partial charge on any atom is 0.326 e. The molecular weight excluding hydrogens is 380 g/mol. The molecule has 3 aromatic rings. The summed E-state index contributed by atoms with van der Waals surface area (Å²) < 4.78 is 12.7. The van der Waals surface area contributed by atoms with E-state index in [1.54, 1.807) is 28.9 Å². The number of aromatic nitrogens is 2. The highest BCUT2D eigenvalue weighted by molar-refractivity contribution is 5.95. The standard InChI is InChI=1S/C23H20N4O3/c1-3-18-19-21(27(26-18)16-12-8-5-9-13-16)30-20(25)17(14-24)23(19,22(28)29-2)15-10-6-4-7-11-15/h4-13H,3,25H2,1-2H3. The normalized spacial score (nSPS) is 17.6. The summed E-state index contributed by atoms with van der Waals surface area (Å²) in [4.78, 5) is 13.4. The van der Waals surface area contributed by atoms with Crippen molar-refractivity contribution in [2.45, 2.75) is 18.8 Å². The van der Waals surface area contributed by atoms with Crippen molar-refractivity contribution in [2.75, 3.05) is 7.11 Å². The average molecular weight is 400 g/mol. The van der Waals surface area contributed by atoms with Gasteiger partial charge in [0.25, 0.3) is 0 Å². The predicted octanol–water partition coefficient (Wildman–Crippen LogP) is 2.98. The van der Waals surface area contributed by atoms with Crippen LogP contribution in [0, 0.1) is 11.3 Å². The van der Waals surface area contributed by atoms with E-state index in [4.69, 9.17) is 20.3 Å². The van der Waals surface area contributed by atoms with E-state index in [2.05, 4.69) is 6.07 Å². The second-order valence-corrected chi connectivity index (χ2v) is 6.79. The summed E-state index contributed by atoms with van der Waals surface area (Å²) in [6.07, 6.45) is 0.510. The van der Waals surface area contributed by atoms with Crippen LogP contribution in [0.25, 0.3) is 5.69 Å². The molecule has 30 heavy (non-hydrogen) atoms. The molecule has 0 spiro atoms.